The van der Waals surface area contributed by atoms with Gasteiger partial charge < -0.3 is 9.84 Å². The minimum absolute atomic E-state index is 0.00513. The number of hydrogen-bond acceptors (Lipinski definition) is 4. The standard InChI is InChI=1S/C19H24N2O4/c1-18(2,3)25-17(24)21-12-14(9-16(22)23)10-19(21,4)15-7-5-13(11-20)6-8-15/h5-8,14H,9-10,12H2,1-4H3,(H,22,23). The summed E-state index contributed by atoms with van der Waals surface area (Å²) in [6, 6.07) is 9.12. The molecule has 25 heavy (non-hydrogen) atoms. The van der Waals surface area contributed by atoms with Gasteiger partial charge in [-0.2, -0.15) is 5.26 Å². The maximum atomic E-state index is 12.7. The van der Waals surface area contributed by atoms with Gasteiger partial charge in [-0.25, -0.2) is 4.79 Å². The summed E-state index contributed by atoms with van der Waals surface area (Å²) < 4.78 is 5.52. The quantitative estimate of drug-likeness (QED) is 0.906. The van der Waals surface area contributed by atoms with E-state index in [0.717, 1.165) is 5.56 Å². The first-order valence-corrected chi connectivity index (χ1v) is 8.28. The molecule has 1 heterocycles. The molecule has 0 aliphatic carbocycles. The lowest BCUT2D eigenvalue weighted by atomic mass is 9.85. The zero-order valence-electron chi connectivity index (χ0n) is 15.1. The second-order valence-electron chi connectivity index (χ2n) is 7.72. The third-order valence-electron chi connectivity index (χ3n) is 4.44. The second kappa shape index (κ2) is 6.75. The lowest BCUT2D eigenvalue weighted by molar-refractivity contribution is -0.138. The van der Waals surface area contributed by atoms with Crippen LogP contribution in [0.5, 0.6) is 0 Å². The van der Waals surface area contributed by atoms with Crippen molar-refractivity contribution in [2.45, 2.75) is 51.7 Å². The molecule has 1 aromatic rings. The Bertz CT molecular complexity index is 700. The number of rotatable bonds is 3. The predicted molar refractivity (Wildman–Crippen MR) is 91.8 cm³/mol. The number of nitriles is 1. The monoisotopic (exact) mass is 344 g/mol. The molecule has 1 aromatic carbocycles. The van der Waals surface area contributed by atoms with E-state index in [0.29, 0.717) is 18.5 Å². The van der Waals surface area contributed by atoms with Crippen molar-refractivity contribution in [3.63, 3.8) is 0 Å². The zero-order chi connectivity index (χ0) is 18.8. The summed E-state index contributed by atoms with van der Waals surface area (Å²) in [7, 11) is 0. The molecule has 6 nitrogen and oxygen atoms in total. The van der Waals surface area contributed by atoms with E-state index in [4.69, 9.17) is 15.1 Å². The topological polar surface area (TPSA) is 90.6 Å². The average Bonchev–Trinajstić information content (AvgIpc) is 2.83. The minimum Gasteiger partial charge on any atom is -0.481 e. The van der Waals surface area contributed by atoms with Gasteiger partial charge in [0, 0.05) is 13.0 Å². The number of amides is 1. The van der Waals surface area contributed by atoms with Gasteiger partial charge in [0.2, 0.25) is 0 Å². The van der Waals surface area contributed by atoms with Crippen LogP contribution in [0.2, 0.25) is 0 Å². The summed E-state index contributed by atoms with van der Waals surface area (Å²) in [6.45, 7) is 7.65. The third kappa shape index (κ3) is 4.30. The van der Waals surface area contributed by atoms with Crippen molar-refractivity contribution in [3.8, 4) is 6.07 Å². The highest BCUT2D eigenvalue weighted by molar-refractivity contribution is 5.71. The van der Waals surface area contributed by atoms with Crippen LogP contribution in [0.25, 0.3) is 0 Å². The fourth-order valence-corrected chi connectivity index (χ4v) is 3.35. The number of ether oxygens (including phenoxy) is 1. The molecule has 1 N–H and O–H groups in total. The van der Waals surface area contributed by atoms with E-state index in [1.165, 1.54) is 0 Å². The molecule has 1 aliphatic heterocycles. The first-order chi connectivity index (χ1) is 11.5. The SMILES string of the molecule is CC(C)(C)OC(=O)N1CC(CC(=O)O)CC1(C)c1ccc(C#N)cc1. The van der Waals surface area contributed by atoms with Gasteiger partial charge in [-0.15, -0.1) is 0 Å². The highest BCUT2D eigenvalue weighted by Gasteiger charge is 2.47. The van der Waals surface area contributed by atoms with E-state index in [2.05, 4.69) is 6.07 Å². The number of carboxylic acid groups (broad SMARTS) is 1. The van der Waals surface area contributed by atoms with Gasteiger partial charge >= 0.3 is 12.1 Å². The molecule has 2 unspecified atom stereocenters. The number of nitrogens with zero attached hydrogens (tertiary/aromatic N) is 2. The molecule has 1 saturated heterocycles. The molecule has 0 saturated carbocycles. The number of hydrogen-bond donors (Lipinski definition) is 1. The van der Waals surface area contributed by atoms with E-state index in [1.807, 2.05) is 19.1 Å². The van der Waals surface area contributed by atoms with Crippen molar-refractivity contribution < 1.29 is 19.4 Å². The molecule has 2 atom stereocenters. The smallest absolute Gasteiger partial charge is 0.411 e. The Balaban J connectivity index is 2.36. The van der Waals surface area contributed by atoms with Crippen LogP contribution in [0.15, 0.2) is 24.3 Å². The fourth-order valence-electron chi connectivity index (χ4n) is 3.35. The van der Waals surface area contributed by atoms with E-state index < -0.39 is 23.2 Å². The fraction of sp³-hybridized carbons (Fsp3) is 0.526. The van der Waals surface area contributed by atoms with Crippen LogP contribution in [-0.2, 0) is 15.1 Å². The van der Waals surface area contributed by atoms with E-state index in [9.17, 15) is 9.59 Å². The predicted octanol–water partition coefficient (Wildman–Crippen LogP) is 3.51. The average molecular weight is 344 g/mol. The molecular formula is C19H24N2O4. The molecule has 134 valence electrons. The van der Waals surface area contributed by atoms with Crippen LogP contribution in [0, 0.1) is 17.2 Å². The highest BCUT2D eigenvalue weighted by Crippen LogP contribution is 2.43. The Labute approximate surface area is 148 Å². The van der Waals surface area contributed by atoms with E-state index >= 15 is 0 Å². The second-order valence-corrected chi connectivity index (χ2v) is 7.72. The number of carboxylic acids is 1. The van der Waals surface area contributed by atoms with Crippen molar-refractivity contribution in [1.29, 1.82) is 5.26 Å². The first-order valence-electron chi connectivity index (χ1n) is 8.28. The first kappa shape index (κ1) is 18.8. The van der Waals surface area contributed by atoms with Gasteiger partial charge in [-0.05, 0) is 57.7 Å². The summed E-state index contributed by atoms with van der Waals surface area (Å²) >= 11 is 0. The third-order valence-corrected chi connectivity index (χ3v) is 4.44. The molecule has 2 rings (SSSR count). The van der Waals surface area contributed by atoms with Crippen LogP contribution < -0.4 is 0 Å². The minimum atomic E-state index is -0.877. The Morgan fingerprint density at radius 2 is 1.96 bits per heavy atom. The summed E-state index contributed by atoms with van der Waals surface area (Å²) in [5.74, 6) is -1.02. The van der Waals surface area contributed by atoms with Crippen molar-refractivity contribution in [1.82, 2.24) is 4.90 Å². The number of benzene rings is 1. The number of likely N-dealkylation sites (tertiary alicyclic amines) is 1. The van der Waals surface area contributed by atoms with E-state index in [-0.39, 0.29) is 12.3 Å². The van der Waals surface area contributed by atoms with Crippen LogP contribution in [0.4, 0.5) is 4.79 Å². The summed E-state index contributed by atoms with van der Waals surface area (Å²) in [5.41, 5.74) is 0.103. The van der Waals surface area contributed by atoms with Gasteiger partial charge in [0.05, 0.1) is 17.2 Å². The molecule has 1 fully saturated rings. The van der Waals surface area contributed by atoms with Crippen LogP contribution >= 0.6 is 0 Å². The molecule has 0 spiro atoms. The van der Waals surface area contributed by atoms with Crippen LogP contribution in [0.3, 0.4) is 0 Å². The number of carbonyl (C=O) groups excluding carboxylic acids is 1. The van der Waals surface area contributed by atoms with E-state index in [1.54, 1.807) is 37.8 Å². The van der Waals surface area contributed by atoms with Crippen molar-refractivity contribution >= 4 is 12.1 Å². The van der Waals surface area contributed by atoms with Crippen molar-refractivity contribution in [2.75, 3.05) is 6.54 Å². The van der Waals surface area contributed by atoms with Gasteiger partial charge in [0.1, 0.15) is 5.60 Å². The molecule has 0 bridgehead atoms. The van der Waals surface area contributed by atoms with Crippen molar-refractivity contribution in [2.24, 2.45) is 5.92 Å². The number of carbonyl (C=O) groups is 2. The lowest BCUT2D eigenvalue weighted by Crippen LogP contribution is -2.45. The Hall–Kier alpha value is -2.55. The molecule has 1 aliphatic rings. The maximum Gasteiger partial charge on any atom is 0.411 e. The molecular weight excluding hydrogens is 320 g/mol. The largest absolute Gasteiger partial charge is 0.481 e. The summed E-state index contributed by atoms with van der Waals surface area (Å²) in [4.78, 5) is 25.4. The maximum absolute atomic E-state index is 12.7. The highest BCUT2D eigenvalue weighted by atomic mass is 16.6. The van der Waals surface area contributed by atoms with Crippen LogP contribution in [-0.4, -0.2) is 34.2 Å². The molecule has 1 amide bonds. The van der Waals surface area contributed by atoms with Gasteiger partial charge in [0.25, 0.3) is 0 Å². The van der Waals surface area contributed by atoms with Gasteiger partial charge in [-0.1, -0.05) is 12.1 Å². The van der Waals surface area contributed by atoms with Crippen molar-refractivity contribution in [3.05, 3.63) is 35.4 Å². The zero-order valence-corrected chi connectivity index (χ0v) is 15.1. The normalized spacial score (nSPS) is 23.2. The Morgan fingerprint density at radius 3 is 2.44 bits per heavy atom. The van der Waals surface area contributed by atoms with Crippen LogP contribution in [0.1, 0.15) is 51.7 Å². The number of aliphatic carboxylic acids is 1. The molecule has 0 aromatic heterocycles. The Morgan fingerprint density at radius 1 is 1.36 bits per heavy atom. The molecule has 6 heteroatoms. The summed E-state index contributed by atoms with van der Waals surface area (Å²) in [6.07, 6.45) is 0.0857. The van der Waals surface area contributed by atoms with Gasteiger partial charge in [0.15, 0.2) is 0 Å². The molecule has 0 radical (unpaired) electrons. The van der Waals surface area contributed by atoms with Gasteiger partial charge in [-0.3, -0.25) is 9.69 Å². The lowest BCUT2D eigenvalue weighted by Gasteiger charge is -2.36. The summed E-state index contributed by atoms with van der Waals surface area (Å²) in [5, 5.41) is 18.1. The Kier molecular flexibility index (Phi) is 5.07.